The topological polar surface area (TPSA) is 69.7 Å². The Balaban J connectivity index is 1.69. The van der Waals surface area contributed by atoms with Gasteiger partial charge in [-0.25, -0.2) is 0 Å². The maximum Gasteiger partial charge on any atom is 0.253 e. The highest BCUT2D eigenvalue weighted by molar-refractivity contribution is 5.77. The van der Waals surface area contributed by atoms with E-state index in [4.69, 9.17) is 0 Å². The van der Waals surface area contributed by atoms with E-state index in [-0.39, 0.29) is 16.8 Å². The monoisotopic (exact) mass is 305 g/mol. The number of hydrogen-bond acceptors (Lipinski definition) is 5. The zero-order valence-electron chi connectivity index (χ0n) is 13.1. The van der Waals surface area contributed by atoms with E-state index in [2.05, 4.69) is 5.32 Å². The van der Waals surface area contributed by atoms with Crippen molar-refractivity contribution >= 4 is 17.3 Å². The van der Waals surface area contributed by atoms with E-state index >= 15 is 0 Å². The lowest BCUT2D eigenvalue weighted by molar-refractivity contribution is -0.129. The normalized spacial score (nSPS) is 20.4. The average Bonchev–Trinajstić information content (AvgIpc) is 2.55. The lowest BCUT2D eigenvalue weighted by Gasteiger charge is -2.37. The van der Waals surface area contributed by atoms with Crippen LogP contribution in [-0.4, -0.2) is 43.0 Å². The molecule has 1 amide bonds. The second-order valence-corrected chi connectivity index (χ2v) is 6.35. The van der Waals surface area contributed by atoms with Crippen LogP contribution in [0.2, 0.25) is 0 Å². The van der Waals surface area contributed by atoms with Crippen molar-refractivity contribution in [3.8, 4) is 0 Å². The van der Waals surface area contributed by atoms with Gasteiger partial charge in [0.2, 0.25) is 5.91 Å². The molecule has 1 saturated heterocycles. The lowest BCUT2D eigenvalue weighted by Crippen LogP contribution is -2.52. The largest absolute Gasteiger partial charge is 0.377 e. The lowest BCUT2D eigenvalue weighted by atomic mass is 9.95. The molecule has 22 heavy (non-hydrogen) atoms. The van der Waals surface area contributed by atoms with E-state index in [0.717, 1.165) is 12.8 Å². The highest BCUT2D eigenvalue weighted by Crippen LogP contribution is 2.26. The number of hydrogen-bond donors (Lipinski definition) is 1. The summed E-state index contributed by atoms with van der Waals surface area (Å²) in [5.41, 5.74) is 0.288. The van der Waals surface area contributed by atoms with Crippen LogP contribution in [0.3, 0.4) is 0 Å². The number of nitrogens with one attached hydrogen (secondary N) is 1. The van der Waals surface area contributed by atoms with Crippen LogP contribution in [0.1, 0.15) is 39.0 Å². The van der Waals surface area contributed by atoms with Crippen LogP contribution in [0.5, 0.6) is 0 Å². The van der Waals surface area contributed by atoms with E-state index in [1.54, 1.807) is 11.8 Å². The van der Waals surface area contributed by atoms with Crippen LogP contribution < -0.4 is 21.1 Å². The van der Waals surface area contributed by atoms with Crippen molar-refractivity contribution in [3.05, 3.63) is 20.4 Å². The van der Waals surface area contributed by atoms with Gasteiger partial charge in [-0.1, -0.05) is 19.3 Å². The van der Waals surface area contributed by atoms with Crippen LogP contribution in [0.15, 0.2) is 9.59 Å². The predicted molar refractivity (Wildman–Crippen MR) is 86.3 cm³/mol. The maximum atomic E-state index is 12.0. The Hall–Kier alpha value is -1.85. The first-order valence-electron chi connectivity index (χ1n) is 8.18. The second kappa shape index (κ2) is 6.10. The highest BCUT2D eigenvalue weighted by atomic mass is 16.2. The fourth-order valence-corrected chi connectivity index (χ4v) is 3.51. The number of nitrogens with zero attached hydrogens (tertiary/aromatic N) is 2. The second-order valence-electron chi connectivity index (χ2n) is 6.35. The molecular weight excluding hydrogens is 282 g/mol. The van der Waals surface area contributed by atoms with Gasteiger partial charge in [0.05, 0.1) is 0 Å². The fraction of sp³-hybridized carbons (Fsp3) is 0.688. The molecule has 0 unspecified atom stereocenters. The third-order valence-electron chi connectivity index (χ3n) is 4.88. The Labute approximate surface area is 129 Å². The SMILES string of the molecule is CC(=O)N1CCN(c2c(NC3CCCCC3)c(=O)c2=O)CC1. The molecule has 0 bridgehead atoms. The van der Waals surface area contributed by atoms with Crippen molar-refractivity contribution in [2.24, 2.45) is 0 Å². The summed E-state index contributed by atoms with van der Waals surface area (Å²) in [5, 5.41) is 3.30. The van der Waals surface area contributed by atoms with E-state index in [0.29, 0.717) is 43.6 Å². The van der Waals surface area contributed by atoms with E-state index < -0.39 is 0 Å². The van der Waals surface area contributed by atoms with Crippen molar-refractivity contribution in [3.63, 3.8) is 0 Å². The molecule has 1 aliphatic carbocycles. The molecule has 120 valence electrons. The van der Waals surface area contributed by atoms with Gasteiger partial charge in [0.1, 0.15) is 11.4 Å². The van der Waals surface area contributed by atoms with Gasteiger partial charge in [-0.3, -0.25) is 14.4 Å². The minimum Gasteiger partial charge on any atom is -0.377 e. The van der Waals surface area contributed by atoms with Crippen molar-refractivity contribution in [1.29, 1.82) is 0 Å². The third kappa shape index (κ3) is 2.74. The van der Waals surface area contributed by atoms with Gasteiger partial charge in [-0.15, -0.1) is 0 Å². The van der Waals surface area contributed by atoms with Gasteiger partial charge < -0.3 is 15.1 Å². The molecule has 1 aliphatic heterocycles. The number of amides is 1. The molecule has 2 fully saturated rings. The van der Waals surface area contributed by atoms with Crippen molar-refractivity contribution in [2.45, 2.75) is 45.1 Å². The maximum absolute atomic E-state index is 12.0. The molecular formula is C16H23N3O3. The summed E-state index contributed by atoms with van der Waals surface area (Å²) in [7, 11) is 0. The Morgan fingerprint density at radius 3 is 2.23 bits per heavy atom. The number of piperazine rings is 1. The van der Waals surface area contributed by atoms with Crippen LogP contribution in [0.25, 0.3) is 0 Å². The molecule has 0 aromatic heterocycles. The molecule has 0 spiro atoms. The number of carbonyl (C=O) groups is 1. The van der Waals surface area contributed by atoms with Gasteiger partial charge >= 0.3 is 0 Å². The highest BCUT2D eigenvalue weighted by Gasteiger charge is 2.30. The smallest absolute Gasteiger partial charge is 0.253 e. The zero-order valence-corrected chi connectivity index (χ0v) is 13.1. The summed E-state index contributed by atoms with van der Waals surface area (Å²) >= 11 is 0. The minimum atomic E-state index is -0.380. The molecule has 0 radical (unpaired) electrons. The molecule has 0 atom stereocenters. The number of anilines is 2. The molecule has 1 aromatic rings. The summed E-state index contributed by atoms with van der Waals surface area (Å²) in [6, 6.07) is 0.314. The molecule has 6 nitrogen and oxygen atoms in total. The average molecular weight is 305 g/mol. The van der Waals surface area contributed by atoms with Gasteiger partial charge in [0.25, 0.3) is 10.9 Å². The van der Waals surface area contributed by atoms with Gasteiger partial charge in [-0.2, -0.15) is 0 Å². The molecule has 1 aromatic carbocycles. The zero-order chi connectivity index (χ0) is 15.7. The quantitative estimate of drug-likeness (QED) is 0.832. The van der Waals surface area contributed by atoms with E-state index in [1.807, 2.05) is 4.90 Å². The third-order valence-corrected chi connectivity index (χ3v) is 4.88. The Morgan fingerprint density at radius 2 is 1.64 bits per heavy atom. The Morgan fingerprint density at radius 1 is 1.00 bits per heavy atom. The standard InChI is InChI=1S/C16H23N3O3/c1-11(20)18-7-9-19(10-8-18)14-13(15(21)16(14)22)17-12-5-3-2-4-6-12/h12,17H,2-10H2,1H3. The first kappa shape index (κ1) is 15.1. The number of rotatable bonds is 3. The summed E-state index contributed by atoms with van der Waals surface area (Å²) in [6.07, 6.45) is 5.75. The van der Waals surface area contributed by atoms with Crippen LogP contribution in [0, 0.1) is 0 Å². The molecule has 3 rings (SSSR count). The Kier molecular flexibility index (Phi) is 4.18. The number of carbonyl (C=O) groups excluding carboxylic acids is 1. The van der Waals surface area contributed by atoms with E-state index in [9.17, 15) is 14.4 Å². The van der Waals surface area contributed by atoms with Crippen molar-refractivity contribution in [1.82, 2.24) is 4.90 Å². The van der Waals surface area contributed by atoms with Crippen LogP contribution >= 0.6 is 0 Å². The van der Waals surface area contributed by atoms with Crippen molar-refractivity contribution in [2.75, 3.05) is 36.4 Å². The molecule has 1 saturated carbocycles. The molecule has 2 aliphatic rings. The summed E-state index contributed by atoms with van der Waals surface area (Å²) in [4.78, 5) is 38.9. The minimum absolute atomic E-state index is 0.0604. The van der Waals surface area contributed by atoms with Gasteiger partial charge in [0, 0.05) is 39.1 Å². The first-order chi connectivity index (χ1) is 10.6. The van der Waals surface area contributed by atoms with Crippen molar-refractivity contribution < 1.29 is 4.79 Å². The molecule has 1 N–H and O–H groups in total. The Bertz CT molecular complexity index is 619. The summed E-state index contributed by atoms with van der Waals surface area (Å²) < 4.78 is 0. The fourth-order valence-electron chi connectivity index (χ4n) is 3.51. The predicted octanol–water partition coefficient (Wildman–Crippen LogP) is 0.696. The van der Waals surface area contributed by atoms with E-state index in [1.165, 1.54) is 19.3 Å². The van der Waals surface area contributed by atoms with Gasteiger partial charge in [-0.05, 0) is 12.8 Å². The molecule has 1 heterocycles. The van der Waals surface area contributed by atoms with Crippen LogP contribution in [0.4, 0.5) is 11.4 Å². The van der Waals surface area contributed by atoms with Crippen LogP contribution in [-0.2, 0) is 4.79 Å². The first-order valence-corrected chi connectivity index (χ1v) is 8.18. The van der Waals surface area contributed by atoms with Gasteiger partial charge in [0.15, 0.2) is 0 Å². The molecule has 6 heteroatoms. The summed E-state index contributed by atoms with van der Waals surface area (Å²) in [5.74, 6) is 0.0604. The summed E-state index contributed by atoms with van der Waals surface area (Å²) in [6.45, 7) is 4.00.